The first-order chi connectivity index (χ1) is 12.0. The van der Waals surface area contributed by atoms with Gasteiger partial charge in [-0.25, -0.2) is 4.79 Å². The highest BCUT2D eigenvalue weighted by molar-refractivity contribution is 7.98. The van der Waals surface area contributed by atoms with Crippen LogP contribution in [0.15, 0.2) is 59.5 Å². The first-order valence-electron chi connectivity index (χ1n) is 7.52. The van der Waals surface area contributed by atoms with Gasteiger partial charge >= 0.3 is 5.97 Å². The molecule has 1 atom stereocenters. The number of nitrogens with one attached hydrogen (secondary N) is 2. The normalized spacial score (nSPS) is 11.3. The van der Waals surface area contributed by atoms with Crippen molar-refractivity contribution >= 4 is 29.5 Å². The van der Waals surface area contributed by atoms with E-state index in [1.165, 1.54) is 18.7 Å². The third kappa shape index (κ3) is 5.09. The van der Waals surface area contributed by atoms with Crippen molar-refractivity contribution in [2.24, 2.45) is 0 Å². The molecule has 25 heavy (non-hydrogen) atoms. The van der Waals surface area contributed by atoms with Crippen molar-refractivity contribution in [3.05, 3.63) is 65.7 Å². The molecule has 0 saturated carbocycles. The minimum Gasteiger partial charge on any atom is -0.449 e. The zero-order valence-electron chi connectivity index (χ0n) is 13.8. The summed E-state index contributed by atoms with van der Waals surface area (Å²) in [5.74, 6) is -1.68. The molecule has 0 bridgehead atoms. The van der Waals surface area contributed by atoms with Gasteiger partial charge in [-0.05, 0) is 37.4 Å². The molecule has 7 heteroatoms. The first kappa shape index (κ1) is 18.5. The average molecular weight is 358 g/mol. The zero-order chi connectivity index (χ0) is 18.2. The lowest BCUT2D eigenvalue weighted by molar-refractivity contribution is -0.129. The number of esters is 1. The molecular formula is C18H18N2O4S. The maximum absolute atomic E-state index is 12.2. The summed E-state index contributed by atoms with van der Waals surface area (Å²) in [6.07, 6.45) is 0.792. The standard InChI is InChI=1S/C18H18N2O4S/c1-12(24-18(23)14-10-6-7-11-15(14)25-2)16(21)19-20-17(22)13-8-4-3-5-9-13/h3-12H,1-2H3,(H,19,21)(H,20,22)/t12-/m0/s1. The van der Waals surface area contributed by atoms with Crippen molar-refractivity contribution in [1.29, 1.82) is 0 Å². The number of ether oxygens (including phenoxy) is 1. The van der Waals surface area contributed by atoms with E-state index in [-0.39, 0.29) is 0 Å². The molecule has 0 saturated heterocycles. The second-order valence-corrected chi connectivity index (χ2v) is 5.91. The maximum Gasteiger partial charge on any atom is 0.340 e. The van der Waals surface area contributed by atoms with Gasteiger partial charge in [0.1, 0.15) is 0 Å². The van der Waals surface area contributed by atoms with Crippen molar-refractivity contribution in [3.8, 4) is 0 Å². The van der Waals surface area contributed by atoms with Gasteiger partial charge in [-0.2, -0.15) is 0 Å². The van der Waals surface area contributed by atoms with Crippen LogP contribution in [0.2, 0.25) is 0 Å². The molecular weight excluding hydrogens is 340 g/mol. The maximum atomic E-state index is 12.2. The van der Waals surface area contributed by atoms with Crippen LogP contribution in [0.25, 0.3) is 0 Å². The van der Waals surface area contributed by atoms with E-state index in [9.17, 15) is 14.4 Å². The summed E-state index contributed by atoms with van der Waals surface area (Å²) in [5.41, 5.74) is 5.32. The van der Waals surface area contributed by atoms with E-state index in [0.29, 0.717) is 11.1 Å². The Labute approximate surface area is 149 Å². The summed E-state index contributed by atoms with van der Waals surface area (Å²) >= 11 is 1.41. The molecule has 2 aromatic rings. The number of thioether (sulfide) groups is 1. The van der Waals surface area contributed by atoms with E-state index >= 15 is 0 Å². The molecule has 0 spiro atoms. The Balaban J connectivity index is 1.90. The van der Waals surface area contributed by atoms with Crippen LogP contribution in [0.1, 0.15) is 27.6 Å². The summed E-state index contributed by atoms with van der Waals surface area (Å²) < 4.78 is 5.16. The third-order valence-corrected chi connectivity index (χ3v) is 4.11. The quantitative estimate of drug-likeness (QED) is 0.487. The predicted molar refractivity (Wildman–Crippen MR) is 95.2 cm³/mol. The topological polar surface area (TPSA) is 84.5 Å². The molecule has 0 aromatic heterocycles. The van der Waals surface area contributed by atoms with Crippen molar-refractivity contribution in [2.45, 2.75) is 17.9 Å². The van der Waals surface area contributed by atoms with Crippen molar-refractivity contribution < 1.29 is 19.1 Å². The summed E-state index contributed by atoms with van der Waals surface area (Å²) in [4.78, 5) is 36.8. The van der Waals surface area contributed by atoms with Gasteiger partial charge in [0.2, 0.25) is 0 Å². The van der Waals surface area contributed by atoms with Crippen molar-refractivity contribution in [1.82, 2.24) is 10.9 Å². The highest BCUT2D eigenvalue weighted by atomic mass is 32.2. The highest BCUT2D eigenvalue weighted by Crippen LogP contribution is 2.20. The number of benzene rings is 2. The van der Waals surface area contributed by atoms with Gasteiger partial charge < -0.3 is 4.74 Å². The van der Waals surface area contributed by atoms with Crippen molar-refractivity contribution in [3.63, 3.8) is 0 Å². The molecule has 2 amide bonds. The molecule has 2 N–H and O–H groups in total. The van der Waals surface area contributed by atoms with Crippen LogP contribution in [-0.2, 0) is 9.53 Å². The van der Waals surface area contributed by atoms with Gasteiger partial charge in [0.25, 0.3) is 11.8 Å². The van der Waals surface area contributed by atoms with Crippen LogP contribution in [0.4, 0.5) is 0 Å². The average Bonchev–Trinajstić information content (AvgIpc) is 2.66. The van der Waals surface area contributed by atoms with Crippen LogP contribution >= 0.6 is 11.8 Å². The van der Waals surface area contributed by atoms with Crippen LogP contribution < -0.4 is 10.9 Å². The molecule has 2 rings (SSSR count). The fourth-order valence-electron chi connectivity index (χ4n) is 1.97. The summed E-state index contributed by atoms with van der Waals surface area (Å²) in [7, 11) is 0. The molecule has 0 aliphatic heterocycles. The highest BCUT2D eigenvalue weighted by Gasteiger charge is 2.21. The second-order valence-electron chi connectivity index (χ2n) is 5.06. The summed E-state index contributed by atoms with van der Waals surface area (Å²) in [6.45, 7) is 1.43. The molecule has 0 radical (unpaired) electrons. The van der Waals surface area contributed by atoms with Crippen LogP contribution in [0.3, 0.4) is 0 Å². The van der Waals surface area contributed by atoms with Gasteiger partial charge in [0.05, 0.1) is 5.56 Å². The molecule has 130 valence electrons. The molecule has 0 fully saturated rings. The van der Waals surface area contributed by atoms with E-state index in [2.05, 4.69) is 10.9 Å². The first-order valence-corrected chi connectivity index (χ1v) is 8.74. The molecule has 0 aliphatic rings. The Morgan fingerprint density at radius 2 is 1.60 bits per heavy atom. The Morgan fingerprint density at radius 1 is 0.960 bits per heavy atom. The van der Waals surface area contributed by atoms with Gasteiger partial charge in [0.15, 0.2) is 6.10 Å². The molecule has 0 unspecified atom stereocenters. The summed E-state index contributed by atoms with van der Waals surface area (Å²) in [5, 5.41) is 0. The largest absolute Gasteiger partial charge is 0.449 e. The Morgan fingerprint density at radius 3 is 2.28 bits per heavy atom. The smallest absolute Gasteiger partial charge is 0.340 e. The van der Waals surface area contributed by atoms with Gasteiger partial charge in [-0.15, -0.1) is 11.8 Å². The monoisotopic (exact) mass is 358 g/mol. The Bertz CT molecular complexity index is 765. The van der Waals surface area contributed by atoms with E-state index in [0.717, 1.165) is 4.90 Å². The Kier molecular flexibility index (Phi) is 6.59. The third-order valence-electron chi connectivity index (χ3n) is 3.32. The van der Waals surface area contributed by atoms with E-state index in [1.54, 1.807) is 48.5 Å². The molecule has 0 heterocycles. The second kappa shape index (κ2) is 8.89. The van der Waals surface area contributed by atoms with Gasteiger partial charge in [-0.3, -0.25) is 20.4 Å². The zero-order valence-corrected chi connectivity index (χ0v) is 14.6. The fourth-order valence-corrected chi connectivity index (χ4v) is 2.56. The molecule has 2 aromatic carbocycles. The van der Waals surface area contributed by atoms with Gasteiger partial charge in [0, 0.05) is 10.5 Å². The number of rotatable bonds is 5. The SMILES string of the molecule is CSc1ccccc1C(=O)O[C@@H](C)C(=O)NNC(=O)c1ccccc1. The summed E-state index contributed by atoms with van der Waals surface area (Å²) in [6, 6.07) is 15.4. The number of hydrogen-bond donors (Lipinski definition) is 2. The van der Waals surface area contributed by atoms with E-state index in [4.69, 9.17) is 4.74 Å². The number of hydrogen-bond acceptors (Lipinski definition) is 5. The van der Waals surface area contributed by atoms with E-state index < -0.39 is 23.9 Å². The number of amides is 2. The number of carbonyl (C=O) groups is 3. The Hall–Kier alpha value is -2.80. The number of hydrazine groups is 1. The lowest BCUT2D eigenvalue weighted by Gasteiger charge is -2.15. The lowest BCUT2D eigenvalue weighted by Crippen LogP contribution is -2.46. The fraction of sp³-hybridized carbons (Fsp3) is 0.167. The van der Waals surface area contributed by atoms with E-state index in [1.807, 2.05) is 12.3 Å². The molecule has 6 nitrogen and oxygen atoms in total. The van der Waals surface area contributed by atoms with Gasteiger partial charge in [-0.1, -0.05) is 30.3 Å². The molecule has 0 aliphatic carbocycles. The van der Waals surface area contributed by atoms with Crippen LogP contribution in [0.5, 0.6) is 0 Å². The minimum atomic E-state index is -1.06. The predicted octanol–water partition coefficient (Wildman–Crippen LogP) is 2.42. The lowest BCUT2D eigenvalue weighted by atomic mass is 10.2. The minimum absolute atomic E-state index is 0.392. The van der Waals surface area contributed by atoms with Crippen LogP contribution in [-0.4, -0.2) is 30.1 Å². The van der Waals surface area contributed by atoms with Crippen LogP contribution in [0, 0.1) is 0 Å². The van der Waals surface area contributed by atoms with Crippen molar-refractivity contribution in [2.75, 3.05) is 6.26 Å². The number of carbonyl (C=O) groups excluding carboxylic acids is 3.